The highest BCUT2D eigenvalue weighted by Crippen LogP contribution is 2.38. The Morgan fingerprint density at radius 2 is 1.73 bits per heavy atom. The maximum absolute atomic E-state index is 14.7. The molecule has 1 aromatic carbocycles. The molecule has 0 radical (unpaired) electrons. The van der Waals surface area contributed by atoms with E-state index in [2.05, 4.69) is 18.0 Å². The van der Waals surface area contributed by atoms with Crippen LogP contribution < -0.4 is 4.57 Å². The number of hydrogen-bond donors (Lipinski definition) is 0. The SMILES string of the molecule is Cc1cc(-c2c(C)ccc3c2oc2nc(F)c(C)c(F)c23)[n+](C)cc1C. The molecule has 0 saturated carbocycles. The van der Waals surface area contributed by atoms with Gasteiger partial charge in [-0.05, 0) is 38.8 Å². The van der Waals surface area contributed by atoms with E-state index >= 15 is 0 Å². The Kier molecular flexibility index (Phi) is 3.58. The molecule has 5 heteroatoms. The minimum atomic E-state index is -0.843. The second-order valence-electron chi connectivity index (χ2n) is 6.89. The number of nitrogens with zero attached hydrogens (tertiary/aromatic N) is 2. The van der Waals surface area contributed by atoms with Gasteiger partial charge in [-0.15, -0.1) is 0 Å². The summed E-state index contributed by atoms with van der Waals surface area (Å²) in [6, 6.07) is 5.82. The van der Waals surface area contributed by atoms with Crippen LogP contribution >= 0.6 is 0 Å². The number of pyridine rings is 2. The van der Waals surface area contributed by atoms with Crippen LogP contribution in [0.3, 0.4) is 0 Å². The maximum Gasteiger partial charge on any atom is 0.232 e. The third-order valence-corrected chi connectivity index (χ3v) is 5.10. The standard InChI is InChI=1S/C21H19F2N2O/c1-10-6-7-14-17-18(22)13(4)20(23)24-21(17)26-19(14)16(10)15-8-11(2)12(3)9-25(15)5/h6-9H,1-5H3/q+1. The van der Waals surface area contributed by atoms with Crippen LogP contribution in [0.4, 0.5) is 8.78 Å². The van der Waals surface area contributed by atoms with Crippen LogP contribution in [0.1, 0.15) is 22.3 Å². The van der Waals surface area contributed by atoms with Crippen LogP contribution in [0.5, 0.6) is 0 Å². The Labute approximate surface area is 149 Å². The van der Waals surface area contributed by atoms with Crippen LogP contribution in [0.15, 0.2) is 28.8 Å². The summed E-state index contributed by atoms with van der Waals surface area (Å²) in [7, 11) is 1.96. The van der Waals surface area contributed by atoms with Crippen LogP contribution in [0.2, 0.25) is 0 Å². The van der Waals surface area contributed by atoms with Crippen molar-refractivity contribution in [3.05, 3.63) is 58.4 Å². The van der Waals surface area contributed by atoms with Gasteiger partial charge in [-0.25, -0.2) is 8.96 Å². The van der Waals surface area contributed by atoms with Gasteiger partial charge in [0.25, 0.3) is 0 Å². The van der Waals surface area contributed by atoms with Crippen molar-refractivity contribution in [2.75, 3.05) is 0 Å². The predicted molar refractivity (Wildman–Crippen MR) is 97.0 cm³/mol. The topological polar surface area (TPSA) is 29.9 Å². The van der Waals surface area contributed by atoms with Gasteiger partial charge in [-0.1, -0.05) is 12.1 Å². The smallest absolute Gasteiger partial charge is 0.232 e. The number of furan rings is 1. The fraction of sp³-hybridized carbons (Fsp3) is 0.238. The fourth-order valence-electron chi connectivity index (χ4n) is 3.44. The highest BCUT2D eigenvalue weighted by atomic mass is 19.1. The molecular weight excluding hydrogens is 334 g/mol. The van der Waals surface area contributed by atoms with Crippen molar-refractivity contribution in [3.63, 3.8) is 0 Å². The summed E-state index contributed by atoms with van der Waals surface area (Å²) in [6.07, 6.45) is 2.05. The van der Waals surface area contributed by atoms with E-state index in [1.807, 2.05) is 43.8 Å². The summed E-state index contributed by atoms with van der Waals surface area (Å²) in [5.74, 6) is -1.46. The Hall–Kier alpha value is -2.82. The Bertz CT molecular complexity index is 1210. The van der Waals surface area contributed by atoms with Crippen molar-refractivity contribution in [3.8, 4) is 11.3 Å². The lowest BCUT2D eigenvalue weighted by molar-refractivity contribution is -0.660. The van der Waals surface area contributed by atoms with E-state index in [1.54, 1.807) is 0 Å². The van der Waals surface area contributed by atoms with Gasteiger partial charge < -0.3 is 4.42 Å². The molecule has 132 valence electrons. The molecular formula is C21H19F2N2O+. The summed E-state index contributed by atoms with van der Waals surface area (Å²) >= 11 is 0. The molecule has 0 aliphatic carbocycles. The molecule has 3 aromatic heterocycles. The van der Waals surface area contributed by atoms with Gasteiger partial charge in [0.05, 0.1) is 10.9 Å². The van der Waals surface area contributed by atoms with E-state index in [0.29, 0.717) is 11.0 Å². The van der Waals surface area contributed by atoms with Crippen molar-refractivity contribution in [1.29, 1.82) is 0 Å². The highest BCUT2D eigenvalue weighted by Gasteiger charge is 2.24. The van der Waals surface area contributed by atoms with Gasteiger partial charge in [0.2, 0.25) is 17.4 Å². The van der Waals surface area contributed by atoms with E-state index in [4.69, 9.17) is 4.42 Å². The quantitative estimate of drug-likeness (QED) is 0.357. The monoisotopic (exact) mass is 353 g/mol. The van der Waals surface area contributed by atoms with Crippen molar-refractivity contribution in [2.45, 2.75) is 27.7 Å². The van der Waals surface area contributed by atoms with Gasteiger partial charge >= 0.3 is 0 Å². The first-order chi connectivity index (χ1) is 12.3. The van der Waals surface area contributed by atoms with Crippen LogP contribution in [-0.2, 0) is 7.05 Å². The lowest BCUT2D eigenvalue weighted by atomic mass is 9.99. The zero-order valence-electron chi connectivity index (χ0n) is 15.4. The van der Waals surface area contributed by atoms with Gasteiger partial charge in [-0.2, -0.15) is 9.37 Å². The first kappa shape index (κ1) is 16.6. The number of halogens is 2. The van der Waals surface area contributed by atoms with Gasteiger partial charge in [0, 0.05) is 22.6 Å². The fourth-order valence-corrected chi connectivity index (χ4v) is 3.44. The molecule has 0 aliphatic heterocycles. The van der Waals surface area contributed by atoms with E-state index in [0.717, 1.165) is 22.4 Å². The summed E-state index contributed by atoms with van der Waals surface area (Å²) in [5.41, 5.74) is 5.55. The molecule has 3 nitrogen and oxygen atoms in total. The second kappa shape index (κ2) is 5.59. The number of aryl methyl sites for hydroxylation is 4. The summed E-state index contributed by atoms with van der Waals surface area (Å²) in [5, 5.41) is 0.832. The number of rotatable bonds is 1. The third-order valence-electron chi connectivity index (χ3n) is 5.10. The Morgan fingerprint density at radius 1 is 1.00 bits per heavy atom. The minimum Gasteiger partial charge on any atom is -0.437 e. The zero-order valence-corrected chi connectivity index (χ0v) is 15.4. The van der Waals surface area contributed by atoms with Crippen molar-refractivity contribution < 1.29 is 17.8 Å². The maximum atomic E-state index is 14.7. The molecule has 0 fully saturated rings. The highest BCUT2D eigenvalue weighted by molar-refractivity contribution is 6.09. The third kappa shape index (κ3) is 2.23. The summed E-state index contributed by atoms with van der Waals surface area (Å²) in [4.78, 5) is 3.81. The van der Waals surface area contributed by atoms with Crippen LogP contribution in [-0.4, -0.2) is 4.98 Å². The van der Waals surface area contributed by atoms with E-state index in [9.17, 15) is 8.78 Å². The minimum absolute atomic E-state index is 0.0149. The molecule has 26 heavy (non-hydrogen) atoms. The van der Waals surface area contributed by atoms with Gasteiger partial charge in [-0.3, -0.25) is 0 Å². The van der Waals surface area contributed by atoms with Gasteiger partial charge in [0.15, 0.2) is 11.8 Å². The largest absolute Gasteiger partial charge is 0.437 e. The average molecular weight is 353 g/mol. The molecule has 4 rings (SSSR count). The molecule has 0 N–H and O–H groups in total. The Morgan fingerprint density at radius 3 is 2.46 bits per heavy atom. The molecule has 0 unspecified atom stereocenters. The first-order valence-corrected chi connectivity index (χ1v) is 8.44. The average Bonchev–Trinajstić information content (AvgIpc) is 2.94. The molecule has 0 bridgehead atoms. The van der Waals surface area contributed by atoms with Crippen molar-refractivity contribution >= 4 is 22.1 Å². The molecule has 3 heterocycles. The number of hydrogen-bond acceptors (Lipinski definition) is 2. The van der Waals surface area contributed by atoms with Crippen molar-refractivity contribution in [2.24, 2.45) is 7.05 Å². The summed E-state index contributed by atoms with van der Waals surface area (Å²) in [6.45, 7) is 7.46. The Balaban J connectivity index is 2.17. The molecule has 0 aliphatic rings. The molecule has 4 aromatic rings. The van der Waals surface area contributed by atoms with E-state index in [-0.39, 0.29) is 16.7 Å². The molecule has 0 spiro atoms. The van der Waals surface area contributed by atoms with Crippen molar-refractivity contribution in [1.82, 2.24) is 4.98 Å². The summed E-state index contributed by atoms with van der Waals surface area (Å²) < 4.78 is 36.5. The number of aromatic nitrogens is 2. The molecule has 0 amide bonds. The number of fused-ring (bicyclic) bond motifs is 3. The first-order valence-electron chi connectivity index (χ1n) is 8.44. The second-order valence-corrected chi connectivity index (χ2v) is 6.89. The normalized spacial score (nSPS) is 11.7. The van der Waals surface area contributed by atoms with Gasteiger partial charge in [0.1, 0.15) is 12.9 Å². The predicted octanol–water partition coefficient (Wildman–Crippen LogP) is 4.98. The lowest BCUT2D eigenvalue weighted by Crippen LogP contribution is -2.31. The zero-order chi connectivity index (χ0) is 18.7. The molecule has 0 saturated heterocycles. The number of benzene rings is 1. The molecule has 0 atom stereocenters. The van der Waals surface area contributed by atoms with E-state index in [1.165, 1.54) is 12.5 Å². The van der Waals surface area contributed by atoms with E-state index < -0.39 is 11.8 Å². The lowest BCUT2D eigenvalue weighted by Gasteiger charge is -2.07. The van der Waals surface area contributed by atoms with Crippen LogP contribution in [0.25, 0.3) is 33.3 Å². The van der Waals surface area contributed by atoms with Crippen LogP contribution in [0, 0.1) is 39.5 Å².